The van der Waals surface area contributed by atoms with Gasteiger partial charge in [0.15, 0.2) is 0 Å². The van der Waals surface area contributed by atoms with Crippen LogP contribution in [0.25, 0.3) is 0 Å². The standard InChI is InChI=1S/C6H8N2O2/c9-5-1-3-7-4-2-6(10)8(5)7/h1-4H2. The number of amides is 2. The van der Waals surface area contributed by atoms with E-state index in [2.05, 4.69) is 0 Å². The summed E-state index contributed by atoms with van der Waals surface area (Å²) >= 11 is 0. The summed E-state index contributed by atoms with van der Waals surface area (Å²) in [6, 6.07) is 0. The molecule has 10 heavy (non-hydrogen) atoms. The highest BCUT2D eigenvalue weighted by Gasteiger charge is 2.38. The van der Waals surface area contributed by atoms with E-state index in [4.69, 9.17) is 0 Å². The third-order valence-corrected chi connectivity index (χ3v) is 1.92. The maximum Gasteiger partial charge on any atom is 0.245 e. The van der Waals surface area contributed by atoms with Crippen LogP contribution in [0.2, 0.25) is 0 Å². The van der Waals surface area contributed by atoms with Gasteiger partial charge >= 0.3 is 0 Å². The molecule has 0 radical (unpaired) electrons. The van der Waals surface area contributed by atoms with Crippen LogP contribution in [0.1, 0.15) is 12.8 Å². The van der Waals surface area contributed by atoms with Gasteiger partial charge in [-0.15, -0.1) is 0 Å². The Kier molecular flexibility index (Phi) is 1.05. The minimum absolute atomic E-state index is 0.0394. The van der Waals surface area contributed by atoms with E-state index in [1.165, 1.54) is 5.01 Å². The molecule has 2 saturated heterocycles. The van der Waals surface area contributed by atoms with E-state index in [9.17, 15) is 9.59 Å². The van der Waals surface area contributed by atoms with Gasteiger partial charge in [-0.25, -0.2) is 10.0 Å². The second-order valence-electron chi connectivity index (χ2n) is 2.55. The van der Waals surface area contributed by atoms with Crippen LogP contribution >= 0.6 is 0 Å². The Labute approximate surface area is 58.4 Å². The topological polar surface area (TPSA) is 40.6 Å². The molecule has 2 fully saturated rings. The molecule has 0 aromatic carbocycles. The maximum atomic E-state index is 10.9. The molecule has 0 atom stereocenters. The number of rotatable bonds is 0. The molecule has 2 heterocycles. The van der Waals surface area contributed by atoms with Crippen molar-refractivity contribution < 1.29 is 9.59 Å². The summed E-state index contributed by atoms with van der Waals surface area (Å²) in [6.45, 7) is 1.45. The Morgan fingerprint density at radius 3 is 1.90 bits per heavy atom. The number of carbonyl (C=O) groups excluding carboxylic acids is 2. The van der Waals surface area contributed by atoms with Crippen LogP contribution in [0.4, 0.5) is 0 Å². The van der Waals surface area contributed by atoms with Crippen LogP contribution in [-0.4, -0.2) is 34.9 Å². The molecule has 0 aromatic heterocycles. The fourth-order valence-electron chi connectivity index (χ4n) is 1.43. The van der Waals surface area contributed by atoms with Gasteiger partial charge in [-0.05, 0) is 0 Å². The van der Waals surface area contributed by atoms with Crippen LogP contribution in [0, 0.1) is 0 Å². The predicted octanol–water partition coefficient (Wildman–Crippen LogP) is -0.634. The van der Waals surface area contributed by atoms with E-state index >= 15 is 0 Å². The van der Waals surface area contributed by atoms with Crippen molar-refractivity contribution in [2.45, 2.75) is 12.8 Å². The van der Waals surface area contributed by atoms with E-state index in [-0.39, 0.29) is 11.8 Å². The summed E-state index contributed by atoms with van der Waals surface area (Å²) in [5, 5.41) is 3.09. The Hall–Kier alpha value is -0.900. The van der Waals surface area contributed by atoms with Gasteiger partial charge in [0.25, 0.3) is 0 Å². The zero-order chi connectivity index (χ0) is 7.14. The lowest BCUT2D eigenvalue weighted by Crippen LogP contribution is -2.34. The van der Waals surface area contributed by atoms with Crippen LogP contribution in [-0.2, 0) is 9.59 Å². The molecule has 4 heteroatoms. The van der Waals surface area contributed by atoms with Gasteiger partial charge in [0, 0.05) is 25.9 Å². The number of carbonyl (C=O) groups is 2. The van der Waals surface area contributed by atoms with Crippen molar-refractivity contribution in [3.8, 4) is 0 Å². The third kappa shape index (κ3) is 0.593. The van der Waals surface area contributed by atoms with Crippen molar-refractivity contribution in [1.82, 2.24) is 10.0 Å². The number of hydrogen-bond acceptors (Lipinski definition) is 3. The highest BCUT2D eigenvalue weighted by atomic mass is 16.2. The maximum absolute atomic E-state index is 10.9. The molecule has 4 nitrogen and oxygen atoms in total. The van der Waals surface area contributed by atoms with Crippen molar-refractivity contribution >= 4 is 11.8 Å². The molecule has 0 unspecified atom stereocenters. The third-order valence-electron chi connectivity index (χ3n) is 1.92. The predicted molar refractivity (Wildman–Crippen MR) is 32.7 cm³/mol. The van der Waals surface area contributed by atoms with Crippen LogP contribution in [0.15, 0.2) is 0 Å². The number of hydrazine groups is 1. The van der Waals surface area contributed by atoms with E-state index in [0.717, 1.165) is 13.1 Å². The number of imide groups is 1. The van der Waals surface area contributed by atoms with Crippen LogP contribution < -0.4 is 0 Å². The minimum Gasteiger partial charge on any atom is -0.273 e. The molecule has 0 aromatic rings. The Bertz CT molecular complexity index is 182. The van der Waals surface area contributed by atoms with E-state index in [1.54, 1.807) is 0 Å². The first-order valence-electron chi connectivity index (χ1n) is 3.40. The largest absolute Gasteiger partial charge is 0.273 e. The number of fused-ring (bicyclic) bond motifs is 1. The average molecular weight is 140 g/mol. The number of nitrogens with zero attached hydrogens (tertiary/aromatic N) is 2. The lowest BCUT2D eigenvalue weighted by atomic mass is 10.3. The molecule has 0 N–H and O–H groups in total. The second kappa shape index (κ2) is 1.79. The lowest BCUT2D eigenvalue weighted by Gasteiger charge is -2.14. The second-order valence-corrected chi connectivity index (χ2v) is 2.55. The van der Waals surface area contributed by atoms with E-state index < -0.39 is 0 Å². The first-order valence-corrected chi connectivity index (χ1v) is 3.40. The summed E-state index contributed by atoms with van der Waals surface area (Å²) < 4.78 is 0. The zero-order valence-corrected chi connectivity index (χ0v) is 5.54. The van der Waals surface area contributed by atoms with Crippen molar-refractivity contribution in [3.63, 3.8) is 0 Å². The fourth-order valence-corrected chi connectivity index (χ4v) is 1.43. The zero-order valence-electron chi connectivity index (χ0n) is 5.54. The molecule has 0 aliphatic carbocycles. The van der Waals surface area contributed by atoms with Crippen LogP contribution in [0.5, 0.6) is 0 Å². The van der Waals surface area contributed by atoms with E-state index in [1.807, 2.05) is 5.01 Å². The van der Waals surface area contributed by atoms with Crippen molar-refractivity contribution in [1.29, 1.82) is 0 Å². The van der Waals surface area contributed by atoms with Crippen molar-refractivity contribution in [2.24, 2.45) is 0 Å². The van der Waals surface area contributed by atoms with Crippen molar-refractivity contribution in [3.05, 3.63) is 0 Å². The molecule has 54 valence electrons. The quantitative estimate of drug-likeness (QED) is 0.420. The summed E-state index contributed by atoms with van der Waals surface area (Å²) in [5.41, 5.74) is 0. The molecule has 2 amide bonds. The fraction of sp³-hybridized carbons (Fsp3) is 0.667. The van der Waals surface area contributed by atoms with Gasteiger partial charge in [0.2, 0.25) is 11.8 Å². The normalized spacial score (nSPS) is 26.2. The minimum atomic E-state index is -0.0394. The molecular formula is C6H8N2O2. The molecule has 0 bridgehead atoms. The first-order chi connectivity index (χ1) is 4.79. The van der Waals surface area contributed by atoms with Gasteiger partial charge in [-0.2, -0.15) is 0 Å². The summed E-state index contributed by atoms with van der Waals surface area (Å²) in [4.78, 5) is 21.9. The molecule has 0 spiro atoms. The van der Waals surface area contributed by atoms with Crippen molar-refractivity contribution in [2.75, 3.05) is 13.1 Å². The van der Waals surface area contributed by atoms with Gasteiger partial charge < -0.3 is 0 Å². The Morgan fingerprint density at radius 2 is 1.50 bits per heavy atom. The molecule has 2 rings (SSSR count). The smallest absolute Gasteiger partial charge is 0.245 e. The van der Waals surface area contributed by atoms with Gasteiger partial charge in [-0.3, -0.25) is 9.59 Å². The first kappa shape index (κ1) is 5.85. The highest BCUT2D eigenvalue weighted by Crippen LogP contribution is 2.19. The summed E-state index contributed by atoms with van der Waals surface area (Å²) in [5.74, 6) is -0.0787. The van der Waals surface area contributed by atoms with Gasteiger partial charge in [0.05, 0.1) is 0 Å². The summed E-state index contributed by atoms with van der Waals surface area (Å²) in [6.07, 6.45) is 1.01. The van der Waals surface area contributed by atoms with Gasteiger partial charge in [-0.1, -0.05) is 0 Å². The molecule has 2 aliphatic heterocycles. The van der Waals surface area contributed by atoms with E-state index in [0.29, 0.717) is 12.8 Å². The van der Waals surface area contributed by atoms with Crippen LogP contribution in [0.3, 0.4) is 0 Å². The SMILES string of the molecule is O=C1CCN2CCC(=O)N12. The Balaban J connectivity index is 2.26. The average Bonchev–Trinajstić information content (AvgIpc) is 2.40. The summed E-state index contributed by atoms with van der Waals surface area (Å²) in [7, 11) is 0. The Morgan fingerprint density at radius 1 is 1.00 bits per heavy atom. The van der Waals surface area contributed by atoms with Gasteiger partial charge in [0.1, 0.15) is 0 Å². The molecule has 0 saturated carbocycles. The molecular weight excluding hydrogens is 132 g/mol. The molecule has 2 aliphatic rings. The number of hydrogen-bond donors (Lipinski definition) is 0. The lowest BCUT2D eigenvalue weighted by molar-refractivity contribution is -0.148. The highest BCUT2D eigenvalue weighted by molar-refractivity contribution is 5.97. The monoisotopic (exact) mass is 140 g/mol.